The Morgan fingerprint density at radius 3 is 1.58 bits per heavy atom. The fourth-order valence-electron chi connectivity index (χ4n) is 2.05. The van der Waals surface area contributed by atoms with Crippen LogP contribution in [0.3, 0.4) is 0 Å². The van der Waals surface area contributed by atoms with Crippen molar-refractivity contribution in [3.05, 3.63) is 46.5 Å². The first-order chi connectivity index (χ1) is 12.3. The second-order valence-corrected chi connectivity index (χ2v) is 6.27. The standard InChI is InChI=1S/C20H22N4O2/c1-13(2)23-19(25)17(11-21)9-15-6-5-7-16(8-15)10-18(12-22)20(26)24-14(3)4/h5-10,13-14H,1-4H3,(H,23,25)(H,24,26)/b17-9+,18-10+. The van der Waals surface area contributed by atoms with Crippen LogP contribution in [0.4, 0.5) is 0 Å². The normalized spacial score (nSPS) is 11.7. The molecule has 26 heavy (non-hydrogen) atoms. The summed E-state index contributed by atoms with van der Waals surface area (Å²) in [5, 5.41) is 23.7. The molecule has 0 radical (unpaired) electrons. The van der Waals surface area contributed by atoms with Gasteiger partial charge in [0.2, 0.25) is 0 Å². The molecule has 0 bridgehead atoms. The van der Waals surface area contributed by atoms with Gasteiger partial charge >= 0.3 is 0 Å². The molecule has 0 aliphatic heterocycles. The molecule has 0 heterocycles. The second kappa shape index (κ2) is 9.80. The number of hydrogen-bond donors (Lipinski definition) is 2. The van der Waals surface area contributed by atoms with Crippen molar-refractivity contribution in [2.45, 2.75) is 39.8 Å². The van der Waals surface area contributed by atoms with E-state index < -0.39 is 11.8 Å². The molecule has 134 valence electrons. The number of hydrogen-bond acceptors (Lipinski definition) is 4. The fraction of sp³-hybridized carbons (Fsp3) is 0.300. The van der Waals surface area contributed by atoms with Crippen LogP contribution in [-0.4, -0.2) is 23.9 Å². The average molecular weight is 350 g/mol. The van der Waals surface area contributed by atoms with Gasteiger partial charge in [0.05, 0.1) is 0 Å². The van der Waals surface area contributed by atoms with Crippen LogP contribution in [0, 0.1) is 22.7 Å². The van der Waals surface area contributed by atoms with Gasteiger partial charge in [0, 0.05) is 12.1 Å². The van der Waals surface area contributed by atoms with Crippen LogP contribution in [0.25, 0.3) is 12.2 Å². The lowest BCUT2D eigenvalue weighted by Gasteiger charge is -2.08. The number of carbonyl (C=O) groups excluding carboxylic acids is 2. The maximum Gasteiger partial charge on any atom is 0.262 e. The minimum absolute atomic E-state index is 0.0158. The highest BCUT2D eigenvalue weighted by Crippen LogP contribution is 2.13. The first kappa shape index (κ1) is 20.7. The van der Waals surface area contributed by atoms with Crippen LogP contribution in [0.15, 0.2) is 35.4 Å². The third kappa shape index (κ3) is 6.62. The highest BCUT2D eigenvalue weighted by Gasteiger charge is 2.11. The molecule has 0 aromatic heterocycles. The van der Waals surface area contributed by atoms with E-state index in [0.717, 1.165) is 0 Å². The molecule has 0 fully saturated rings. The van der Waals surface area contributed by atoms with Crippen molar-refractivity contribution >= 4 is 24.0 Å². The topological polar surface area (TPSA) is 106 Å². The van der Waals surface area contributed by atoms with Gasteiger partial charge in [0.25, 0.3) is 11.8 Å². The Labute approximate surface area is 153 Å². The molecule has 0 aliphatic carbocycles. The summed E-state index contributed by atoms with van der Waals surface area (Å²) in [6.07, 6.45) is 2.94. The van der Waals surface area contributed by atoms with Crippen LogP contribution in [0.2, 0.25) is 0 Å². The molecule has 0 spiro atoms. The number of nitriles is 2. The Bertz CT molecular complexity index is 756. The lowest BCUT2D eigenvalue weighted by Crippen LogP contribution is -2.31. The summed E-state index contributed by atoms with van der Waals surface area (Å²) in [6.45, 7) is 7.24. The summed E-state index contributed by atoms with van der Waals surface area (Å²) >= 11 is 0. The van der Waals surface area contributed by atoms with Crippen LogP contribution >= 0.6 is 0 Å². The number of nitrogens with zero attached hydrogens (tertiary/aromatic N) is 2. The number of nitrogens with one attached hydrogen (secondary N) is 2. The third-order valence-electron chi connectivity index (χ3n) is 3.10. The molecule has 0 atom stereocenters. The molecule has 0 unspecified atom stereocenters. The SMILES string of the molecule is CC(C)NC(=O)/C(C#N)=C/c1cccc(/C=C(\C#N)C(=O)NC(C)C)c1. The molecule has 0 aliphatic rings. The van der Waals surface area contributed by atoms with Gasteiger partial charge in [-0.2, -0.15) is 10.5 Å². The van der Waals surface area contributed by atoms with E-state index >= 15 is 0 Å². The maximum atomic E-state index is 12.0. The largest absolute Gasteiger partial charge is 0.349 e. The minimum atomic E-state index is -0.447. The van der Waals surface area contributed by atoms with Crippen LogP contribution in [0.1, 0.15) is 38.8 Å². The number of amides is 2. The number of rotatable bonds is 6. The Kier molecular flexibility index (Phi) is 7.79. The van der Waals surface area contributed by atoms with E-state index in [-0.39, 0.29) is 23.2 Å². The Hall–Kier alpha value is -3.38. The van der Waals surface area contributed by atoms with E-state index in [4.69, 9.17) is 0 Å². The quantitative estimate of drug-likeness (QED) is 0.607. The van der Waals surface area contributed by atoms with Crippen LogP contribution in [-0.2, 0) is 9.59 Å². The fourth-order valence-corrected chi connectivity index (χ4v) is 2.05. The zero-order valence-electron chi connectivity index (χ0n) is 15.3. The second-order valence-electron chi connectivity index (χ2n) is 6.27. The highest BCUT2D eigenvalue weighted by atomic mass is 16.2. The Balaban J connectivity index is 3.14. The predicted molar refractivity (Wildman–Crippen MR) is 100 cm³/mol. The van der Waals surface area contributed by atoms with Crippen LogP contribution in [0.5, 0.6) is 0 Å². The summed E-state index contributed by atoms with van der Waals surface area (Å²) in [6, 6.07) is 10.5. The van der Waals surface area contributed by atoms with E-state index in [9.17, 15) is 20.1 Å². The monoisotopic (exact) mass is 350 g/mol. The molecule has 1 aromatic rings. The lowest BCUT2D eigenvalue weighted by atomic mass is 10.1. The molecule has 0 saturated heterocycles. The molecule has 2 N–H and O–H groups in total. The van der Waals surface area contributed by atoms with Crippen molar-refractivity contribution in [3.63, 3.8) is 0 Å². The van der Waals surface area contributed by atoms with Gasteiger partial charge in [-0.25, -0.2) is 0 Å². The first-order valence-electron chi connectivity index (χ1n) is 8.22. The Morgan fingerprint density at radius 2 is 1.27 bits per heavy atom. The lowest BCUT2D eigenvalue weighted by molar-refractivity contribution is -0.118. The molecule has 6 nitrogen and oxygen atoms in total. The van der Waals surface area contributed by atoms with E-state index in [2.05, 4.69) is 10.6 Å². The molecule has 1 rings (SSSR count). The first-order valence-corrected chi connectivity index (χ1v) is 8.22. The average Bonchev–Trinajstić information content (AvgIpc) is 2.56. The summed E-state index contributed by atoms with van der Waals surface area (Å²) in [7, 11) is 0. The van der Waals surface area contributed by atoms with E-state index in [0.29, 0.717) is 11.1 Å². The van der Waals surface area contributed by atoms with Gasteiger partial charge in [-0.1, -0.05) is 18.2 Å². The summed E-state index contributed by atoms with van der Waals surface area (Å²) in [4.78, 5) is 24.0. The van der Waals surface area contributed by atoms with Gasteiger partial charge in [-0.3, -0.25) is 9.59 Å². The van der Waals surface area contributed by atoms with E-state index in [1.165, 1.54) is 12.2 Å². The highest BCUT2D eigenvalue weighted by molar-refractivity contribution is 6.03. The number of carbonyl (C=O) groups is 2. The zero-order valence-corrected chi connectivity index (χ0v) is 15.3. The van der Waals surface area contributed by atoms with Crippen molar-refractivity contribution in [2.24, 2.45) is 0 Å². The molecule has 2 amide bonds. The van der Waals surface area contributed by atoms with Crippen LogP contribution < -0.4 is 10.6 Å². The molecule has 1 aromatic carbocycles. The van der Waals surface area contributed by atoms with Crippen molar-refractivity contribution in [1.82, 2.24) is 10.6 Å². The Morgan fingerprint density at radius 1 is 0.885 bits per heavy atom. The van der Waals surface area contributed by atoms with Gasteiger partial charge in [0.1, 0.15) is 23.3 Å². The molecule has 0 saturated carbocycles. The van der Waals surface area contributed by atoms with Crippen molar-refractivity contribution < 1.29 is 9.59 Å². The molecule has 6 heteroatoms. The molecular weight excluding hydrogens is 328 g/mol. The van der Waals surface area contributed by atoms with Gasteiger partial charge in [0.15, 0.2) is 0 Å². The summed E-state index contributed by atoms with van der Waals surface area (Å²) < 4.78 is 0. The van der Waals surface area contributed by atoms with Gasteiger partial charge in [-0.05, 0) is 57.0 Å². The number of benzene rings is 1. The van der Waals surface area contributed by atoms with Gasteiger partial charge < -0.3 is 10.6 Å². The van der Waals surface area contributed by atoms with Crippen molar-refractivity contribution in [1.29, 1.82) is 10.5 Å². The predicted octanol–water partition coefficient (Wildman–Crippen LogP) is 2.55. The third-order valence-corrected chi connectivity index (χ3v) is 3.10. The van der Waals surface area contributed by atoms with E-state index in [1.54, 1.807) is 24.3 Å². The minimum Gasteiger partial charge on any atom is -0.349 e. The zero-order chi connectivity index (χ0) is 19.7. The summed E-state index contributed by atoms with van der Waals surface area (Å²) in [5.74, 6) is -0.894. The summed E-state index contributed by atoms with van der Waals surface area (Å²) in [5.41, 5.74) is 1.21. The van der Waals surface area contributed by atoms with Crippen molar-refractivity contribution in [3.8, 4) is 12.1 Å². The molecular formula is C20H22N4O2. The van der Waals surface area contributed by atoms with E-state index in [1.807, 2.05) is 39.8 Å². The smallest absolute Gasteiger partial charge is 0.262 e. The van der Waals surface area contributed by atoms with Gasteiger partial charge in [-0.15, -0.1) is 0 Å². The van der Waals surface area contributed by atoms with Crippen molar-refractivity contribution in [2.75, 3.05) is 0 Å². The maximum absolute atomic E-state index is 12.0.